The van der Waals surface area contributed by atoms with Crippen LogP contribution in [0.3, 0.4) is 0 Å². The molecule has 0 saturated carbocycles. The molecule has 1 N–H and O–H groups in total. The summed E-state index contributed by atoms with van der Waals surface area (Å²) >= 11 is 3.24. The first-order valence-electron chi connectivity index (χ1n) is 4.66. The number of rotatable bonds is 2. The molecule has 1 heterocycles. The highest BCUT2D eigenvalue weighted by molar-refractivity contribution is 9.10. The molecule has 0 aliphatic carbocycles. The van der Waals surface area contributed by atoms with E-state index >= 15 is 0 Å². The molecule has 0 spiro atoms. The zero-order valence-electron chi connectivity index (χ0n) is 8.54. The molecule has 16 heavy (non-hydrogen) atoms. The van der Waals surface area contributed by atoms with Gasteiger partial charge in [0.25, 0.3) is 0 Å². The second-order valence-electron chi connectivity index (χ2n) is 3.31. The molecule has 82 valence electrons. The highest BCUT2D eigenvalue weighted by Gasteiger charge is 2.01. The molecule has 2 rings (SSSR count). The zero-order valence-corrected chi connectivity index (χ0v) is 10.1. The molecule has 0 saturated heterocycles. The van der Waals surface area contributed by atoms with Crippen LogP contribution in [-0.4, -0.2) is 9.97 Å². The van der Waals surface area contributed by atoms with Crippen LogP contribution in [0, 0.1) is 12.7 Å². The zero-order chi connectivity index (χ0) is 11.5. The third kappa shape index (κ3) is 2.55. The summed E-state index contributed by atoms with van der Waals surface area (Å²) in [5.74, 6) is 0.188. The van der Waals surface area contributed by atoms with Gasteiger partial charge in [-0.3, -0.25) is 0 Å². The molecular weight excluding hydrogens is 273 g/mol. The minimum Gasteiger partial charge on any atom is -0.324 e. The number of nitrogens with zero attached hydrogens (tertiary/aromatic N) is 2. The van der Waals surface area contributed by atoms with Gasteiger partial charge in [-0.2, -0.15) is 0 Å². The number of anilines is 2. The number of halogens is 2. The second kappa shape index (κ2) is 4.57. The Morgan fingerprint density at radius 3 is 2.56 bits per heavy atom. The largest absolute Gasteiger partial charge is 0.324 e. The third-order valence-electron chi connectivity index (χ3n) is 2.05. The summed E-state index contributed by atoms with van der Waals surface area (Å²) in [5.41, 5.74) is 1.24. The summed E-state index contributed by atoms with van der Waals surface area (Å²) < 4.78 is 14.1. The number of nitrogens with one attached hydrogen (secondary N) is 1. The van der Waals surface area contributed by atoms with Crippen LogP contribution in [0.5, 0.6) is 0 Å². The molecule has 3 nitrogen and oxygen atoms in total. The Morgan fingerprint density at radius 1 is 1.25 bits per heavy atom. The molecule has 2 aromatic rings. The molecular formula is C11H9BrFN3. The van der Waals surface area contributed by atoms with Crippen LogP contribution in [0.1, 0.15) is 5.56 Å². The maximum atomic E-state index is 13.3. The molecule has 1 aromatic heterocycles. The summed E-state index contributed by atoms with van der Waals surface area (Å²) in [6, 6.07) is 4.90. The molecule has 0 radical (unpaired) electrons. The highest BCUT2D eigenvalue weighted by Crippen LogP contribution is 2.17. The third-order valence-corrected chi connectivity index (χ3v) is 2.46. The normalized spacial score (nSPS) is 10.2. The van der Waals surface area contributed by atoms with Gasteiger partial charge in [0.05, 0.1) is 4.47 Å². The van der Waals surface area contributed by atoms with E-state index in [9.17, 15) is 4.39 Å². The van der Waals surface area contributed by atoms with Crippen LogP contribution < -0.4 is 5.32 Å². The van der Waals surface area contributed by atoms with Gasteiger partial charge in [-0.15, -0.1) is 0 Å². The summed E-state index contributed by atoms with van der Waals surface area (Å²) in [4.78, 5) is 8.07. The Morgan fingerprint density at radius 2 is 1.94 bits per heavy atom. The van der Waals surface area contributed by atoms with Gasteiger partial charge in [0.2, 0.25) is 5.95 Å². The number of aromatic nitrogens is 2. The van der Waals surface area contributed by atoms with Crippen molar-refractivity contribution in [3.05, 3.63) is 46.4 Å². The fourth-order valence-corrected chi connectivity index (χ4v) is 1.38. The van der Waals surface area contributed by atoms with Gasteiger partial charge in [-0.05, 0) is 40.5 Å². The maximum absolute atomic E-state index is 13.3. The van der Waals surface area contributed by atoms with Crippen LogP contribution >= 0.6 is 15.9 Å². The molecule has 0 aliphatic heterocycles. The van der Waals surface area contributed by atoms with Gasteiger partial charge in [-0.1, -0.05) is 6.07 Å². The summed E-state index contributed by atoms with van der Waals surface area (Å²) in [6.45, 7) is 1.72. The van der Waals surface area contributed by atoms with Crippen molar-refractivity contribution < 1.29 is 4.39 Å². The molecule has 1 aromatic carbocycles. The van der Waals surface area contributed by atoms with Crippen LogP contribution in [-0.2, 0) is 0 Å². The van der Waals surface area contributed by atoms with Crippen molar-refractivity contribution in [3.8, 4) is 0 Å². The SMILES string of the molecule is Cc1ccc(Nc2ncc(Br)cn2)cc1F. The summed E-state index contributed by atoms with van der Waals surface area (Å²) in [5, 5.41) is 2.92. The summed E-state index contributed by atoms with van der Waals surface area (Å²) in [6.07, 6.45) is 3.25. The number of hydrogen-bond acceptors (Lipinski definition) is 3. The van der Waals surface area contributed by atoms with E-state index in [4.69, 9.17) is 0 Å². The van der Waals surface area contributed by atoms with Gasteiger partial charge < -0.3 is 5.32 Å². The van der Waals surface area contributed by atoms with Crippen molar-refractivity contribution >= 4 is 27.6 Å². The topological polar surface area (TPSA) is 37.8 Å². The van der Waals surface area contributed by atoms with Crippen LogP contribution in [0.15, 0.2) is 35.1 Å². The minimum absolute atomic E-state index is 0.248. The first kappa shape index (κ1) is 11.0. The lowest BCUT2D eigenvalue weighted by Gasteiger charge is -2.05. The number of aryl methyl sites for hydroxylation is 1. The van der Waals surface area contributed by atoms with E-state index in [0.29, 0.717) is 17.2 Å². The monoisotopic (exact) mass is 281 g/mol. The van der Waals surface area contributed by atoms with E-state index < -0.39 is 0 Å². The molecule has 0 aliphatic rings. The minimum atomic E-state index is -0.248. The standard InChI is InChI=1S/C11H9BrFN3/c1-7-2-3-9(4-10(7)13)16-11-14-5-8(12)6-15-11/h2-6H,1H3,(H,14,15,16). The summed E-state index contributed by atoms with van der Waals surface area (Å²) in [7, 11) is 0. The van der Waals surface area contributed by atoms with Crippen LogP contribution in [0.2, 0.25) is 0 Å². The molecule has 0 amide bonds. The number of hydrogen-bond donors (Lipinski definition) is 1. The Hall–Kier alpha value is -1.49. The van der Waals surface area contributed by atoms with Crippen molar-refractivity contribution in [2.45, 2.75) is 6.92 Å². The molecule has 5 heteroatoms. The van der Waals surface area contributed by atoms with Gasteiger partial charge in [0.15, 0.2) is 0 Å². The Kier molecular flexibility index (Phi) is 3.14. The second-order valence-corrected chi connectivity index (χ2v) is 4.23. The lowest BCUT2D eigenvalue weighted by Crippen LogP contribution is -1.97. The Bertz CT molecular complexity index is 499. The maximum Gasteiger partial charge on any atom is 0.227 e. The Balaban J connectivity index is 2.20. The smallest absolute Gasteiger partial charge is 0.227 e. The average Bonchev–Trinajstić information content (AvgIpc) is 2.27. The molecule has 0 unspecified atom stereocenters. The quantitative estimate of drug-likeness (QED) is 0.917. The lowest BCUT2D eigenvalue weighted by atomic mass is 10.2. The van der Waals surface area contributed by atoms with E-state index in [0.717, 1.165) is 4.47 Å². The molecule has 0 bridgehead atoms. The first-order chi connectivity index (χ1) is 7.65. The van der Waals surface area contributed by atoms with Crippen molar-refractivity contribution in [2.75, 3.05) is 5.32 Å². The fraction of sp³-hybridized carbons (Fsp3) is 0.0909. The van der Waals surface area contributed by atoms with E-state index in [1.165, 1.54) is 6.07 Å². The van der Waals surface area contributed by atoms with Gasteiger partial charge in [-0.25, -0.2) is 14.4 Å². The van der Waals surface area contributed by atoms with Crippen LogP contribution in [0.4, 0.5) is 16.0 Å². The molecule has 0 atom stereocenters. The predicted molar refractivity (Wildman–Crippen MR) is 64.2 cm³/mol. The fourth-order valence-electron chi connectivity index (χ4n) is 1.18. The van der Waals surface area contributed by atoms with Crippen molar-refractivity contribution in [1.29, 1.82) is 0 Å². The Labute approximate surface area is 101 Å². The highest BCUT2D eigenvalue weighted by atomic mass is 79.9. The van der Waals surface area contributed by atoms with Crippen molar-refractivity contribution in [1.82, 2.24) is 9.97 Å². The van der Waals surface area contributed by atoms with E-state index in [-0.39, 0.29) is 5.82 Å². The average molecular weight is 282 g/mol. The van der Waals surface area contributed by atoms with Gasteiger partial charge >= 0.3 is 0 Å². The number of benzene rings is 1. The van der Waals surface area contributed by atoms with Crippen molar-refractivity contribution in [3.63, 3.8) is 0 Å². The lowest BCUT2D eigenvalue weighted by molar-refractivity contribution is 0.619. The van der Waals surface area contributed by atoms with E-state index in [1.807, 2.05) is 0 Å². The van der Waals surface area contributed by atoms with Gasteiger partial charge in [0.1, 0.15) is 5.82 Å². The van der Waals surface area contributed by atoms with E-state index in [1.54, 1.807) is 31.5 Å². The van der Waals surface area contributed by atoms with Crippen LogP contribution in [0.25, 0.3) is 0 Å². The predicted octanol–water partition coefficient (Wildman–Crippen LogP) is 3.43. The molecule has 0 fully saturated rings. The first-order valence-corrected chi connectivity index (χ1v) is 5.45. The van der Waals surface area contributed by atoms with Crippen molar-refractivity contribution in [2.24, 2.45) is 0 Å². The van der Waals surface area contributed by atoms with E-state index in [2.05, 4.69) is 31.2 Å². The van der Waals surface area contributed by atoms with Gasteiger partial charge in [0, 0.05) is 18.1 Å².